The third kappa shape index (κ3) is 1.28. The van der Waals surface area contributed by atoms with Crippen molar-refractivity contribution in [1.29, 1.82) is 0 Å². The number of aromatic nitrogens is 1. The van der Waals surface area contributed by atoms with E-state index in [1.165, 1.54) is 7.11 Å². The van der Waals surface area contributed by atoms with Gasteiger partial charge in [0.2, 0.25) is 0 Å². The summed E-state index contributed by atoms with van der Waals surface area (Å²) in [7, 11) is 1.52. The molecule has 5 nitrogen and oxygen atoms in total. The Hall–Kier alpha value is -2.17. The molecule has 0 atom stereocenters. The predicted octanol–water partition coefficient (Wildman–Crippen LogP) is 1.46. The van der Waals surface area contributed by atoms with Crippen LogP contribution in [0.4, 0.5) is 5.69 Å². The second-order valence-corrected chi connectivity index (χ2v) is 3.10. The van der Waals surface area contributed by atoms with E-state index in [2.05, 4.69) is 4.98 Å². The van der Waals surface area contributed by atoms with Crippen molar-refractivity contribution in [1.82, 2.24) is 4.98 Å². The Morgan fingerprint density at radius 1 is 1.53 bits per heavy atom. The molecule has 0 amide bonds. The monoisotopic (exact) mass is 206 g/mol. The molecule has 1 aromatic heterocycles. The van der Waals surface area contributed by atoms with Crippen LogP contribution >= 0.6 is 0 Å². The van der Waals surface area contributed by atoms with E-state index in [1.807, 2.05) is 0 Å². The van der Waals surface area contributed by atoms with Gasteiger partial charge >= 0.3 is 5.97 Å². The van der Waals surface area contributed by atoms with Crippen molar-refractivity contribution in [3.63, 3.8) is 0 Å². The number of aromatic amines is 1. The number of methoxy groups -OCH3 is 1. The Labute approximate surface area is 85.5 Å². The lowest BCUT2D eigenvalue weighted by atomic mass is 10.2. The average Bonchev–Trinajstić information content (AvgIpc) is 2.56. The van der Waals surface area contributed by atoms with Gasteiger partial charge in [0.15, 0.2) is 0 Å². The average molecular weight is 206 g/mol. The molecule has 0 radical (unpaired) electrons. The van der Waals surface area contributed by atoms with Gasteiger partial charge in [-0.2, -0.15) is 0 Å². The van der Waals surface area contributed by atoms with Gasteiger partial charge < -0.3 is 20.6 Å². The van der Waals surface area contributed by atoms with Gasteiger partial charge in [0, 0.05) is 0 Å². The number of carboxylic acid groups (broad SMARTS) is 1. The first-order valence-electron chi connectivity index (χ1n) is 4.32. The number of nitrogens with two attached hydrogens (primary N) is 1. The summed E-state index contributed by atoms with van der Waals surface area (Å²) in [5.41, 5.74) is 6.58. The van der Waals surface area contributed by atoms with Gasteiger partial charge in [-0.15, -0.1) is 0 Å². The lowest BCUT2D eigenvalue weighted by Gasteiger charge is -2.01. The van der Waals surface area contributed by atoms with Crippen molar-refractivity contribution < 1.29 is 14.6 Å². The quantitative estimate of drug-likeness (QED) is 0.694. The zero-order valence-electron chi connectivity index (χ0n) is 8.07. The van der Waals surface area contributed by atoms with Gasteiger partial charge in [-0.05, 0) is 12.1 Å². The molecule has 0 aliphatic carbocycles. The summed E-state index contributed by atoms with van der Waals surface area (Å²) < 4.78 is 5.11. The van der Waals surface area contributed by atoms with Crippen molar-refractivity contribution in [3.05, 3.63) is 23.9 Å². The number of anilines is 1. The number of nitrogens with one attached hydrogen (secondary N) is 1. The minimum Gasteiger partial charge on any atom is -0.496 e. The second-order valence-electron chi connectivity index (χ2n) is 3.10. The summed E-state index contributed by atoms with van der Waals surface area (Å²) in [5.74, 6) is -0.514. The number of ether oxygens (including phenoxy) is 1. The maximum atomic E-state index is 10.8. The van der Waals surface area contributed by atoms with Crippen LogP contribution in [0.5, 0.6) is 5.75 Å². The molecule has 4 N–H and O–H groups in total. The number of nitrogen functional groups attached to an aromatic ring is 1. The molecule has 1 heterocycles. The van der Waals surface area contributed by atoms with Gasteiger partial charge in [0.1, 0.15) is 11.4 Å². The maximum Gasteiger partial charge on any atom is 0.354 e. The van der Waals surface area contributed by atoms with Crippen LogP contribution in [-0.2, 0) is 0 Å². The molecule has 2 rings (SSSR count). The van der Waals surface area contributed by atoms with E-state index < -0.39 is 5.97 Å². The highest BCUT2D eigenvalue weighted by Crippen LogP contribution is 2.32. The summed E-state index contributed by atoms with van der Waals surface area (Å²) in [6.45, 7) is 0. The summed E-state index contributed by atoms with van der Waals surface area (Å²) in [5, 5.41) is 9.49. The molecule has 0 aliphatic rings. The van der Waals surface area contributed by atoms with Crippen LogP contribution in [0.2, 0.25) is 0 Å². The molecule has 0 bridgehead atoms. The summed E-state index contributed by atoms with van der Waals surface area (Å²) in [6, 6.07) is 5.25. The molecule has 2 aromatic rings. The van der Waals surface area contributed by atoms with Crippen LogP contribution < -0.4 is 10.5 Å². The Morgan fingerprint density at radius 3 is 2.87 bits per heavy atom. The summed E-state index contributed by atoms with van der Waals surface area (Å²) in [4.78, 5) is 13.6. The topological polar surface area (TPSA) is 88.3 Å². The number of benzene rings is 1. The Balaban J connectivity index is 2.82. The predicted molar refractivity (Wildman–Crippen MR) is 56.2 cm³/mol. The molecule has 15 heavy (non-hydrogen) atoms. The zero-order chi connectivity index (χ0) is 11.0. The van der Waals surface area contributed by atoms with E-state index in [1.54, 1.807) is 18.2 Å². The van der Waals surface area contributed by atoms with E-state index in [4.69, 9.17) is 15.6 Å². The van der Waals surface area contributed by atoms with E-state index in [-0.39, 0.29) is 11.4 Å². The molecule has 0 unspecified atom stereocenters. The highest BCUT2D eigenvalue weighted by atomic mass is 16.5. The smallest absolute Gasteiger partial charge is 0.354 e. The molecule has 0 saturated carbocycles. The van der Waals surface area contributed by atoms with Gasteiger partial charge in [0.05, 0.1) is 23.7 Å². The number of H-pyrrole nitrogens is 1. The standard InChI is InChI=1S/C10H10N2O3/c1-15-6-4-2-3-5-7(6)8(11)9(12-5)10(13)14/h2-4,12H,11H2,1H3,(H,13,14). The van der Waals surface area contributed by atoms with Crippen molar-refractivity contribution in [2.24, 2.45) is 0 Å². The fraction of sp³-hybridized carbons (Fsp3) is 0.100. The molecular formula is C10H10N2O3. The minimum absolute atomic E-state index is 0.00509. The van der Waals surface area contributed by atoms with E-state index in [9.17, 15) is 4.79 Å². The maximum absolute atomic E-state index is 10.8. The Morgan fingerprint density at radius 2 is 2.27 bits per heavy atom. The molecule has 0 fully saturated rings. The zero-order valence-corrected chi connectivity index (χ0v) is 8.07. The van der Waals surface area contributed by atoms with Gasteiger partial charge in [-0.1, -0.05) is 6.07 Å². The first-order valence-corrected chi connectivity index (χ1v) is 4.32. The fourth-order valence-corrected chi connectivity index (χ4v) is 1.58. The fourth-order valence-electron chi connectivity index (χ4n) is 1.58. The number of fused-ring (bicyclic) bond motifs is 1. The second kappa shape index (κ2) is 3.20. The largest absolute Gasteiger partial charge is 0.496 e. The van der Waals surface area contributed by atoms with Gasteiger partial charge in [-0.25, -0.2) is 4.79 Å². The Kier molecular flexibility index (Phi) is 2.00. The Bertz CT molecular complexity index is 531. The molecular weight excluding hydrogens is 196 g/mol. The van der Waals surface area contributed by atoms with Crippen LogP contribution in [0, 0.1) is 0 Å². The number of aromatic carboxylic acids is 1. The van der Waals surface area contributed by atoms with E-state index in [0.29, 0.717) is 16.7 Å². The van der Waals surface area contributed by atoms with Gasteiger partial charge in [0.25, 0.3) is 0 Å². The van der Waals surface area contributed by atoms with Crippen molar-refractivity contribution in [2.45, 2.75) is 0 Å². The summed E-state index contributed by atoms with van der Waals surface area (Å²) >= 11 is 0. The van der Waals surface area contributed by atoms with E-state index >= 15 is 0 Å². The highest BCUT2D eigenvalue weighted by Gasteiger charge is 2.16. The number of carboxylic acids is 1. The molecule has 0 saturated heterocycles. The SMILES string of the molecule is COc1cccc2[nH]c(C(=O)O)c(N)c12. The first-order chi connectivity index (χ1) is 7.15. The third-order valence-corrected chi connectivity index (χ3v) is 2.26. The molecule has 5 heteroatoms. The van der Waals surface area contributed by atoms with Crippen LogP contribution in [0.15, 0.2) is 18.2 Å². The number of rotatable bonds is 2. The molecule has 78 valence electrons. The number of carbonyl (C=O) groups is 1. The minimum atomic E-state index is -1.08. The van der Waals surface area contributed by atoms with Crippen molar-refractivity contribution >= 4 is 22.6 Å². The molecule has 0 spiro atoms. The van der Waals surface area contributed by atoms with Crippen LogP contribution in [-0.4, -0.2) is 23.2 Å². The molecule has 0 aliphatic heterocycles. The first kappa shape index (κ1) is 9.39. The van der Waals surface area contributed by atoms with Crippen LogP contribution in [0.25, 0.3) is 10.9 Å². The lowest BCUT2D eigenvalue weighted by molar-refractivity contribution is 0.0692. The van der Waals surface area contributed by atoms with Crippen LogP contribution in [0.1, 0.15) is 10.5 Å². The number of hydrogen-bond acceptors (Lipinski definition) is 3. The normalized spacial score (nSPS) is 10.5. The highest BCUT2D eigenvalue weighted by molar-refractivity contribution is 6.07. The van der Waals surface area contributed by atoms with Crippen molar-refractivity contribution in [3.8, 4) is 5.75 Å². The number of hydrogen-bond donors (Lipinski definition) is 3. The van der Waals surface area contributed by atoms with Crippen molar-refractivity contribution in [2.75, 3.05) is 12.8 Å². The van der Waals surface area contributed by atoms with E-state index in [0.717, 1.165) is 0 Å². The van der Waals surface area contributed by atoms with Crippen LogP contribution in [0.3, 0.4) is 0 Å². The lowest BCUT2D eigenvalue weighted by Crippen LogP contribution is -2.00. The molecule has 1 aromatic carbocycles. The third-order valence-electron chi connectivity index (χ3n) is 2.26. The van der Waals surface area contributed by atoms with Gasteiger partial charge in [-0.3, -0.25) is 0 Å². The summed E-state index contributed by atoms with van der Waals surface area (Å²) in [6.07, 6.45) is 0.